The van der Waals surface area contributed by atoms with Crippen LogP contribution in [0.3, 0.4) is 0 Å². The number of esters is 1. The van der Waals surface area contributed by atoms with Crippen molar-refractivity contribution in [2.75, 3.05) is 5.32 Å². The number of urea groups is 1. The number of carbonyl (C=O) groups excluding carboxylic acids is 2. The quantitative estimate of drug-likeness (QED) is 0.851. The van der Waals surface area contributed by atoms with Crippen LogP contribution in [0.5, 0.6) is 0 Å². The van der Waals surface area contributed by atoms with Gasteiger partial charge in [0.15, 0.2) is 0 Å². The van der Waals surface area contributed by atoms with E-state index in [-0.39, 0.29) is 5.82 Å². The summed E-state index contributed by atoms with van der Waals surface area (Å²) >= 11 is 0. The summed E-state index contributed by atoms with van der Waals surface area (Å²) in [4.78, 5) is 22.7. The molecule has 2 rings (SSSR count). The van der Waals surface area contributed by atoms with Crippen molar-refractivity contribution in [3.8, 4) is 0 Å². The number of benzene rings is 2. The molecular weight excluding hydrogens is 287 g/mol. The highest BCUT2D eigenvalue weighted by molar-refractivity contribution is 5.91. The Balaban J connectivity index is 2.02. The Morgan fingerprint density at radius 3 is 2.23 bits per heavy atom. The van der Waals surface area contributed by atoms with Crippen molar-refractivity contribution in [1.82, 2.24) is 0 Å². The van der Waals surface area contributed by atoms with E-state index in [2.05, 4.69) is 5.32 Å². The average Bonchev–Trinajstić information content (AvgIpc) is 2.48. The van der Waals surface area contributed by atoms with E-state index in [1.54, 1.807) is 31.2 Å². The van der Waals surface area contributed by atoms with Crippen LogP contribution in [-0.4, -0.2) is 12.0 Å². The smallest absolute Gasteiger partial charge is 0.338 e. The SMILES string of the molecule is C[C@H](OC(=O)c1ccc(NC(N)=O)cc1)c1ccc(F)cc1. The molecule has 0 aliphatic rings. The Kier molecular flexibility index (Phi) is 4.73. The number of nitrogens with one attached hydrogen (secondary N) is 1. The lowest BCUT2D eigenvalue weighted by Gasteiger charge is -2.13. The first-order valence-corrected chi connectivity index (χ1v) is 6.58. The van der Waals surface area contributed by atoms with Gasteiger partial charge in [-0.2, -0.15) is 0 Å². The van der Waals surface area contributed by atoms with Gasteiger partial charge in [0, 0.05) is 5.69 Å². The lowest BCUT2D eigenvalue weighted by molar-refractivity contribution is 0.0338. The number of ether oxygens (including phenoxy) is 1. The molecule has 0 radical (unpaired) electrons. The van der Waals surface area contributed by atoms with Gasteiger partial charge in [-0.15, -0.1) is 0 Å². The lowest BCUT2D eigenvalue weighted by atomic mass is 10.1. The highest BCUT2D eigenvalue weighted by Gasteiger charge is 2.13. The molecule has 114 valence electrons. The molecule has 0 aliphatic carbocycles. The van der Waals surface area contributed by atoms with Crippen molar-refractivity contribution in [2.45, 2.75) is 13.0 Å². The molecule has 2 aromatic carbocycles. The molecule has 0 bridgehead atoms. The van der Waals surface area contributed by atoms with Crippen LogP contribution >= 0.6 is 0 Å². The Morgan fingerprint density at radius 1 is 1.09 bits per heavy atom. The Hall–Kier alpha value is -2.89. The average molecular weight is 302 g/mol. The molecule has 3 N–H and O–H groups in total. The van der Waals surface area contributed by atoms with Crippen LogP contribution in [0.4, 0.5) is 14.9 Å². The number of rotatable bonds is 4. The van der Waals surface area contributed by atoms with Crippen LogP contribution in [0, 0.1) is 5.82 Å². The molecule has 0 fully saturated rings. The predicted molar refractivity (Wildman–Crippen MR) is 79.9 cm³/mol. The molecule has 22 heavy (non-hydrogen) atoms. The topological polar surface area (TPSA) is 81.4 Å². The number of carbonyl (C=O) groups is 2. The van der Waals surface area contributed by atoms with Gasteiger partial charge >= 0.3 is 12.0 Å². The molecule has 2 aromatic rings. The minimum absolute atomic E-state index is 0.337. The van der Waals surface area contributed by atoms with Gasteiger partial charge in [-0.25, -0.2) is 14.0 Å². The van der Waals surface area contributed by atoms with Gasteiger partial charge in [0.2, 0.25) is 0 Å². The minimum atomic E-state index is -0.680. The van der Waals surface area contributed by atoms with Gasteiger partial charge in [-0.1, -0.05) is 12.1 Å². The Morgan fingerprint density at radius 2 is 1.68 bits per heavy atom. The Labute approximate surface area is 126 Å². The highest BCUT2D eigenvalue weighted by atomic mass is 19.1. The second kappa shape index (κ2) is 6.71. The first-order chi connectivity index (χ1) is 10.5. The summed E-state index contributed by atoms with van der Waals surface area (Å²) in [5, 5.41) is 2.39. The van der Waals surface area contributed by atoms with E-state index >= 15 is 0 Å². The molecular formula is C16H15FN2O3. The van der Waals surface area contributed by atoms with Crippen LogP contribution in [-0.2, 0) is 4.74 Å². The van der Waals surface area contributed by atoms with E-state index in [1.165, 1.54) is 24.3 Å². The first-order valence-electron chi connectivity index (χ1n) is 6.58. The lowest BCUT2D eigenvalue weighted by Crippen LogP contribution is -2.19. The maximum atomic E-state index is 12.9. The van der Waals surface area contributed by atoms with Crippen LogP contribution < -0.4 is 11.1 Å². The molecule has 6 heteroatoms. The molecule has 0 saturated heterocycles. The van der Waals surface area contributed by atoms with Crippen LogP contribution in [0.2, 0.25) is 0 Å². The van der Waals surface area contributed by atoms with Gasteiger partial charge in [-0.3, -0.25) is 0 Å². The third-order valence-corrected chi connectivity index (χ3v) is 3.01. The van der Waals surface area contributed by atoms with Gasteiger partial charge in [0.05, 0.1) is 5.56 Å². The number of nitrogens with two attached hydrogens (primary N) is 1. The second-order valence-corrected chi connectivity index (χ2v) is 4.67. The third-order valence-electron chi connectivity index (χ3n) is 3.01. The highest BCUT2D eigenvalue weighted by Crippen LogP contribution is 2.19. The molecule has 5 nitrogen and oxygen atoms in total. The molecule has 0 unspecified atom stereocenters. The summed E-state index contributed by atoms with van der Waals surface area (Å²) < 4.78 is 18.2. The third kappa shape index (κ3) is 4.05. The van der Waals surface area contributed by atoms with Crippen LogP contribution in [0.15, 0.2) is 48.5 Å². The van der Waals surface area contributed by atoms with Gasteiger partial charge in [0.25, 0.3) is 0 Å². The van der Waals surface area contributed by atoms with E-state index in [0.717, 1.165) is 0 Å². The Bertz CT molecular complexity index is 669. The van der Waals surface area contributed by atoms with Crippen molar-refractivity contribution in [3.63, 3.8) is 0 Å². The number of hydrogen-bond donors (Lipinski definition) is 2. The zero-order valence-corrected chi connectivity index (χ0v) is 11.9. The normalized spacial score (nSPS) is 11.5. The standard InChI is InChI=1S/C16H15FN2O3/c1-10(11-2-6-13(17)7-3-11)22-15(20)12-4-8-14(9-5-12)19-16(18)21/h2-10H,1H3,(H3,18,19,21)/t10-/m0/s1. The molecule has 2 amide bonds. The maximum absolute atomic E-state index is 12.9. The second-order valence-electron chi connectivity index (χ2n) is 4.67. The summed E-state index contributed by atoms with van der Waals surface area (Å²) in [7, 11) is 0. The number of primary amides is 1. The van der Waals surface area contributed by atoms with Crippen molar-refractivity contribution < 1.29 is 18.7 Å². The number of anilines is 1. The first kappa shape index (κ1) is 15.5. The molecule has 0 aliphatic heterocycles. The van der Waals surface area contributed by atoms with Crippen LogP contribution in [0.1, 0.15) is 28.9 Å². The molecule has 1 atom stereocenters. The number of amides is 2. The zero-order valence-electron chi connectivity index (χ0n) is 11.9. The largest absolute Gasteiger partial charge is 0.454 e. The minimum Gasteiger partial charge on any atom is -0.454 e. The monoisotopic (exact) mass is 302 g/mol. The number of halogens is 1. The van der Waals surface area contributed by atoms with Crippen molar-refractivity contribution in [3.05, 3.63) is 65.5 Å². The summed E-state index contributed by atoms with van der Waals surface area (Å²) in [6.07, 6.45) is -0.503. The summed E-state index contributed by atoms with van der Waals surface area (Å²) in [6, 6.07) is 11.2. The van der Waals surface area contributed by atoms with Crippen molar-refractivity contribution >= 4 is 17.7 Å². The summed E-state index contributed by atoms with van der Waals surface area (Å²) in [5.41, 5.74) is 6.51. The van der Waals surface area contributed by atoms with Crippen LogP contribution in [0.25, 0.3) is 0 Å². The molecule has 0 heterocycles. The molecule has 0 aromatic heterocycles. The van der Waals surface area contributed by atoms with E-state index in [1.807, 2.05) is 0 Å². The van der Waals surface area contributed by atoms with Gasteiger partial charge in [0.1, 0.15) is 11.9 Å². The molecule has 0 saturated carbocycles. The van der Waals surface area contributed by atoms with E-state index < -0.39 is 18.1 Å². The van der Waals surface area contributed by atoms with Gasteiger partial charge in [-0.05, 0) is 48.9 Å². The van der Waals surface area contributed by atoms with Gasteiger partial charge < -0.3 is 15.8 Å². The summed E-state index contributed by atoms with van der Waals surface area (Å²) in [6.45, 7) is 1.70. The van der Waals surface area contributed by atoms with Crippen molar-refractivity contribution in [1.29, 1.82) is 0 Å². The maximum Gasteiger partial charge on any atom is 0.338 e. The summed E-state index contributed by atoms with van der Waals surface area (Å²) in [5.74, 6) is -0.859. The van der Waals surface area contributed by atoms with E-state index in [4.69, 9.17) is 10.5 Å². The van der Waals surface area contributed by atoms with E-state index in [9.17, 15) is 14.0 Å². The zero-order chi connectivity index (χ0) is 16.1. The predicted octanol–water partition coefficient (Wildman–Crippen LogP) is 3.23. The van der Waals surface area contributed by atoms with E-state index in [0.29, 0.717) is 16.8 Å². The molecule has 0 spiro atoms. The fourth-order valence-corrected chi connectivity index (χ4v) is 1.86. The fraction of sp³-hybridized carbons (Fsp3) is 0.125. The van der Waals surface area contributed by atoms with Crippen molar-refractivity contribution in [2.24, 2.45) is 5.73 Å². The number of hydrogen-bond acceptors (Lipinski definition) is 3. The fourth-order valence-electron chi connectivity index (χ4n) is 1.86.